The van der Waals surface area contributed by atoms with Gasteiger partial charge in [0.05, 0.1) is 18.2 Å². The Kier molecular flexibility index (Phi) is 2.23. The molecule has 1 unspecified atom stereocenters. The summed E-state index contributed by atoms with van der Waals surface area (Å²) in [6.45, 7) is 3.04. The quantitative estimate of drug-likeness (QED) is 0.729. The maximum Gasteiger partial charge on any atom is 0.0814 e. The third-order valence-corrected chi connectivity index (χ3v) is 3.50. The van der Waals surface area contributed by atoms with Crippen LogP contribution in [0.25, 0.3) is 0 Å². The zero-order chi connectivity index (χ0) is 10.4. The standard InChI is InChI=1S/C12H14ClNO/c1-7-6-14-12-10-3-2-9(13)4-8(10)5-11(12)15-7/h2-4,7,11-12,14H,5-6H2,1H3/t7?,11-,12+/m1/s1. The molecule has 15 heavy (non-hydrogen) atoms. The molecule has 0 amide bonds. The summed E-state index contributed by atoms with van der Waals surface area (Å²) in [7, 11) is 0. The minimum atomic E-state index is 0.294. The number of ether oxygens (including phenoxy) is 1. The molecule has 1 saturated heterocycles. The molecular formula is C12H14ClNO. The zero-order valence-corrected chi connectivity index (χ0v) is 9.42. The summed E-state index contributed by atoms with van der Waals surface area (Å²) < 4.78 is 5.93. The summed E-state index contributed by atoms with van der Waals surface area (Å²) in [5.74, 6) is 0. The van der Waals surface area contributed by atoms with Crippen LogP contribution in [0.5, 0.6) is 0 Å². The number of hydrogen-bond acceptors (Lipinski definition) is 2. The van der Waals surface area contributed by atoms with E-state index in [2.05, 4.69) is 24.4 Å². The van der Waals surface area contributed by atoms with Crippen LogP contribution in [-0.4, -0.2) is 18.8 Å². The van der Waals surface area contributed by atoms with Crippen molar-refractivity contribution in [2.45, 2.75) is 31.6 Å². The van der Waals surface area contributed by atoms with E-state index >= 15 is 0 Å². The van der Waals surface area contributed by atoms with Gasteiger partial charge in [0.2, 0.25) is 0 Å². The van der Waals surface area contributed by atoms with Gasteiger partial charge in [-0.05, 0) is 30.2 Å². The number of morpholine rings is 1. The number of benzene rings is 1. The average Bonchev–Trinajstić information content (AvgIpc) is 2.53. The van der Waals surface area contributed by atoms with E-state index in [-0.39, 0.29) is 0 Å². The van der Waals surface area contributed by atoms with Crippen molar-refractivity contribution in [3.63, 3.8) is 0 Å². The van der Waals surface area contributed by atoms with Gasteiger partial charge in [-0.2, -0.15) is 0 Å². The smallest absolute Gasteiger partial charge is 0.0814 e. The van der Waals surface area contributed by atoms with Crippen LogP contribution in [0.4, 0.5) is 0 Å². The fourth-order valence-electron chi connectivity index (χ4n) is 2.60. The summed E-state index contributed by atoms with van der Waals surface area (Å²) in [5.41, 5.74) is 2.69. The third kappa shape index (κ3) is 1.57. The van der Waals surface area contributed by atoms with Crippen molar-refractivity contribution in [1.29, 1.82) is 0 Å². The lowest BCUT2D eigenvalue weighted by molar-refractivity contribution is -0.0468. The Morgan fingerprint density at radius 2 is 2.33 bits per heavy atom. The molecule has 0 spiro atoms. The van der Waals surface area contributed by atoms with Gasteiger partial charge in [-0.25, -0.2) is 0 Å². The monoisotopic (exact) mass is 223 g/mol. The highest BCUT2D eigenvalue weighted by Gasteiger charge is 2.36. The second-order valence-electron chi connectivity index (χ2n) is 4.42. The first-order chi connectivity index (χ1) is 7.24. The van der Waals surface area contributed by atoms with E-state index in [9.17, 15) is 0 Å². The molecule has 0 saturated carbocycles. The molecular weight excluding hydrogens is 210 g/mol. The highest BCUT2D eigenvalue weighted by atomic mass is 35.5. The summed E-state index contributed by atoms with van der Waals surface area (Å²) in [6, 6.07) is 6.51. The Hall–Kier alpha value is -0.570. The van der Waals surface area contributed by atoms with Gasteiger partial charge in [0.25, 0.3) is 0 Å². The highest BCUT2D eigenvalue weighted by molar-refractivity contribution is 6.30. The van der Waals surface area contributed by atoms with E-state index in [1.54, 1.807) is 0 Å². The van der Waals surface area contributed by atoms with Gasteiger partial charge < -0.3 is 10.1 Å². The first-order valence-electron chi connectivity index (χ1n) is 5.41. The third-order valence-electron chi connectivity index (χ3n) is 3.27. The summed E-state index contributed by atoms with van der Waals surface area (Å²) in [5, 5.41) is 4.36. The van der Waals surface area contributed by atoms with Gasteiger partial charge in [-0.1, -0.05) is 17.7 Å². The van der Waals surface area contributed by atoms with Crippen molar-refractivity contribution in [3.8, 4) is 0 Å². The Morgan fingerprint density at radius 3 is 3.20 bits per heavy atom. The topological polar surface area (TPSA) is 21.3 Å². The lowest BCUT2D eigenvalue weighted by atomic mass is 10.1. The maximum atomic E-state index is 5.99. The minimum absolute atomic E-state index is 0.294. The fraction of sp³-hybridized carbons (Fsp3) is 0.500. The fourth-order valence-corrected chi connectivity index (χ4v) is 2.79. The van der Waals surface area contributed by atoms with Crippen LogP contribution >= 0.6 is 11.6 Å². The molecule has 1 fully saturated rings. The lowest BCUT2D eigenvalue weighted by Gasteiger charge is -2.32. The van der Waals surface area contributed by atoms with Crippen molar-refractivity contribution in [2.24, 2.45) is 0 Å². The molecule has 1 aromatic carbocycles. The van der Waals surface area contributed by atoms with E-state index in [4.69, 9.17) is 16.3 Å². The largest absolute Gasteiger partial charge is 0.372 e. The SMILES string of the molecule is CC1CN[C@H]2c3ccc(Cl)cc3C[C@H]2O1. The Balaban J connectivity index is 1.95. The highest BCUT2D eigenvalue weighted by Crippen LogP contribution is 2.37. The van der Waals surface area contributed by atoms with E-state index in [0.29, 0.717) is 18.2 Å². The van der Waals surface area contributed by atoms with Crippen LogP contribution in [0, 0.1) is 0 Å². The Morgan fingerprint density at radius 1 is 1.47 bits per heavy atom. The first kappa shape index (κ1) is 9.64. The number of hydrogen-bond donors (Lipinski definition) is 1. The maximum absolute atomic E-state index is 5.99. The van der Waals surface area contributed by atoms with E-state index in [1.165, 1.54) is 11.1 Å². The van der Waals surface area contributed by atoms with Crippen molar-refractivity contribution < 1.29 is 4.74 Å². The van der Waals surface area contributed by atoms with Gasteiger partial charge >= 0.3 is 0 Å². The molecule has 3 heteroatoms. The van der Waals surface area contributed by atoms with Crippen LogP contribution in [0.3, 0.4) is 0 Å². The number of fused-ring (bicyclic) bond motifs is 3. The second-order valence-corrected chi connectivity index (χ2v) is 4.85. The van der Waals surface area contributed by atoms with Gasteiger partial charge in [0.1, 0.15) is 0 Å². The summed E-state index contributed by atoms with van der Waals surface area (Å²) in [6.07, 6.45) is 1.59. The van der Waals surface area contributed by atoms with Crippen molar-refractivity contribution in [1.82, 2.24) is 5.32 Å². The molecule has 1 N–H and O–H groups in total. The van der Waals surface area contributed by atoms with E-state index < -0.39 is 0 Å². The van der Waals surface area contributed by atoms with Crippen LogP contribution in [-0.2, 0) is 11.2 Å². The lowest BCUT2D eigenvalue weighted by Crippen LogP contribution is -2.44. The summed E-state index contributed by atoms with van der Waals surface area (Å²) >= 11 is 5.99. The molecule has 0 aromatic heterocycles. The van der Waals surface area contributed by atoms with Gasteiger partial charge in [-0.3, -0.25) is 0 Å². The molecule has 80 valence electrons. The second kappa shape index (κ2) is 3.48. The van der Waals surface area contributed by atoms with Crippen molar-refractivity contribution in [3.05, 3.63) is 34.3 Å². The van der Waals surface area contributed by atoms with Crippen molar-refractivity contribution in [2.75, 3.05) is 6.54 Å². The molecule has 1 heterocycles. The zero-order valence-electron chi connectivity index (χ0n) is 8.66. The predicted octanol–water partition coefficient (Wildman–Crippen LogP) is 2.31. The Bertz CT molecular complexity index is 393. The molecule has 3 rings (SSSR count). The van der Waals surface area contributed by atoms with Crippen LogP contribution in [0.15, 0.2) is 18.2 Å². The minimum Gasteiger partial charge on any atom is -0.372 e. The molecule has 0 bridgehead atoms. The molecule has 2 nitrogen and oxygen atoms in total. The van der Waals surface area contributed by atoms with Crippen LogP contribution < -0.4 is 5.32 Å². The average molecular weight is 224 g/mol. The van der Waals surface area contributed by atoms with Crippen LogP contribution in [0.2, 0.25) is 5.02 Å². The Labute approximate surface area is 94.6 Å². The van der Waals surface area contributed by atoms with Gasteiger partial charge in [0.15, 0.2) is 0 Å². The molecule has 1 aliphatic heterocycles. The number of nitrogens with one attached hydrogen (secondary N) is 1. The summed E-state index contributed by atoms with van der Waals surface area (Å²) in [4.78, 5) is 0. The first-order valence-corrected chi connectivity index (χ1v) is 5.79. The molecule has 3 atom stereocenters. The van der Waals surface area contributed by atoms with Gasteiger partial charge in [-0.15, -0.1) is 0 Å². The number of halogens is 1. The van der Waals surface area contributed by atoms with E-state index in [1.807, 2.05) is 6.07 Å². The predicted molar refractivity (Wildman–Crippen MR) is 60.2 cm³/mol. The molecule has 2 aliphatic rings. The van der Waals surface area contributed by atoms with Gasteiger partial charge in [0, 0.05) is 18.0 Å². The molecule has 1 aromatic rings. The molecule has 0 radical (unpaired) electrons. The number of rotatable bonds is 0. The van der Waals surface area contributed by atoms with Crippen molar-refractivity contribution >= 4 is 11.6 Å². The normalized spacial score (nSPS) is 33.6. The van der Waals surface area contributed by atoms with Crippen LogP contribution in [0.1, 0.15) is 24.1 Å². The van der Waals surface area contributed by atoms with E-state index in [0.717, 1.165) is 18.0 Å². The molecule has 1 aliphatic carbocycles.